The molecule has 112 valence electrons. The van der Waals surface area contributed by atoms with Crippen LogP contribution in [0.1, 0.15) is 26.3 Å². The fraction of sp³-hybridized carbons (Fsp3) is 0.647. The van der Waals surface area contributed by atoms with Gasteiger partial charge < -0.3 is 10.1 Å². The molecule has 1 fully saturated rings. The molecule has 3 nitrogen and oxygen atoms in total. The molecule has 1 unspecified atom stereocenters. The summed E-state index contributed by atoms with van der Waals surface area (Å²) in [6, 6.07) is 11.3. The molecule has 0 aliphatic carbocycles. The van der Waals surface area contributed by atoms with Crippen LogP contribution in [0.3, 0.4) is 0 Å². The molecule has 0 bridgehead atoms. The van der Waals surface area contributed by atoms with Crippen LogP contribution < -0.4 is 5.32 Å². The second-order valence-corrected chi connectivity index (χ2v) is 6.22. The summed E-state index contributed by atoms with van der Waals surface area (Å²) in [6.45, 7) is 11.5. The van der Waals surface area contributed by atoms with Crippen LogP contribution >= 0.6 is 0 Å². The molecule has 0 radical (unpaired) electrons. The second kappa shape index (κ2) is 7.21. The molecule has 3 heteroatoms. The Balaban J connectivity index is 1.90. The normalized spacial score (nSPS) is 22.9. The molecule has 1 heterocycles. The van der Waals surface area contributed by atoms with Crippen LogP contribution in [0.15, 0.2) is 30.3 Å². The molecule has 0 aromatic heterocycles. The highest BCUT2D eigenvalue weighted by molar-refractivity contribution is 5.16. The van der Waals surface area contributed by atoms with Gasteiger partial charge in [0.05, 0.1) is 6.61 Å². The van der Waals surface area contributed by atoms with E-state index in [1.165, 1.54) is 5.56 Å². The van der Waals surface area contributed by atoms with Crippen molar-refractivity contribution in [2.45, 2.75) is 38.8 Å². The molecule has 1 aromatic rings. The van der Waals surface area contributed by atoms with Crippen molar-refractivity contribution >= 4 is 0 Å². The maximum absolute atomic E-state index is 5.52. The van der Waals surface area contributed by atoms with Crippen molar-refractivity contribution in [3.8, 4) is 0 Å². The number of hydrogen-bond donors (Lipinski definition) is 1. The predicted octanol–water partition coefficient (Wildman–Crippen LogP) is 2.32. The average molecular weight is 276 g/mol. The Labute approximate surface area is 123 Å². The molecule has 1 N–H and O–H groups in total. The Morgan fingerprint density at radius 2 is 2.05 bits per heavy atom. The number of benzene rings is 1. The fourth-order valence-electron chi connectivity index (χ4n) is 2.83. The number of piperazine rings is 1. The van der Waals surface area contributed by atoms with Crippen molar-refractivity contribution in [1.82, 2.24) is 10.2 Å². The van der Waals surface area contributed by atoms with Crippen LogP contribution in [0.2, 0.25) is 0 Å². The minimum atomic E-state index is 0.213. The molecule has 1 atom stereocenters. The van der Waals surface area contributed by atoms with Gasteiger partial charge in [0, 0.05) is 37.8 Å². The lowest BCUT2D eigenvalue weighted by molar-refractivity contribution is 0.0313. The molecule has 1 aliphatic rings. The minimum absolute atomic E-state index is 0.213. The zero-order valence-electron chi connectivity index (χ0n) is 13.1. The summed E-state index contributed by atoms with van der Waals surface area (Å²) in [6.07, 6.45) is 1.10. The Kier molecular flexibility index (Phi) is 5.58. The topological polar surface area (TPSA) is 24.5 Å². The maximum atomic E-state index is 5.52. The number of ether oxygens (including phenoxy) is 1. The smallest absolute Gasteiger partial charge is 0.0593 e. The number of hydrogen-bond acceptors (Lipinski definition) is 3. The summed E-state index contributed by atoms with van der Waals surface area (Å²) in [4.78, 5) is 2.56. The van der Waals surface area contributed by atoms with E-state index in [1.807, 2.05) is 0 Å². The average Bonchev–Trinajstić information content (AvgIpc) is 2.44. The largest absolute Gasteiger partial charge is 0.380 e. The molecule has 0 saturated carbocycles. The maximum Gasteiger partial charge on any atom is 0.0593 e. The predicted molar refractivity (Wildman–Crippen MR) is 84.1 cm³/mol. The first kappa shape index (κ1) is 15.5. The standard InChI is InChI=1S/C17H28N2O/c1-4-20-11-10-19-13-16(18-14-17(19,2)3)12-15-8-6-5-7-9-15/h5-9,16,18H,4,10-14H2,1-3H3. The van der Waals surface area contributed by atoms with Gasteiger partial charge in [-0.05, 0) is 32.8 Å². The first-order valence-corrected chi connectivity index (χ1v) is 7.72. The van der Waals surface area contributed by atoms with E-state index in [-0.39, 0.29) is 5.54 Å². The molecular formula is C17H28N2O. The van der Waals surface area contributed by atoms with Gasteiger partial charge in [0.25, 0.3) is 0 Å². The quantitative estimate of drug-likeness (QED) is 0.807. The highest BCUT2D eigenvalue weighted by Gasteiger charge is 2.33. The molecule has 2 rings (SSSR count). The van der Waals surface area contributed by atoms with Crippen molar-refractivity contribution in [1.29, 1.82) is 0 Å². The van der Waals surface area contributed by atoms with Crippen LogP contribution in [0.4, 0.5) is 0 Å². The van der Waals surface area contributed by atoms with Crippen molar-refractivity contribution in [3.05, 3.63) is 35.9 Å². The van der Waals surface area contributed by atoms with Gasteiger partial charge >= 0.3 is 0 Å². The Morgan fingerprint density at radius 3 is 2.75 bits per heavy atom. The zero-order valence-corrected chi connectivity index (χ0v) is 13.1. The lowest BCUT2D eigenvalue weighted by Gasteiger charge is -2.46. The van der Waals surface area contributed by atoms with Gasteiger partial charge in [0.1, 0.15) is 0 Å². The summed E-state index contributed by atoms with van der Waals surface area (Å²) < 4.78 is 5.52. The molecule has 1 aliphatic heterocycles. The number of rotatable bonds is 6. The molecular weight excluding hydrogens is 248 g/mol. The summed E-state index contributed by atoms with van der Waals surface area (Å²) in [5.74, 6) is 0. The number of nitrogens with one attached hydrogen (secondary N) is 1. The summed E-state index contributed by atoms with van der Waals surface area (Å²) in [7, 11) is 0. The van der Waals surface area contributed by atoms with Crippen LogP contribution in [-0.2, 0) is 11.2 Å². The number of nitrogens with zero attached hydrogens (tertiary/aromatic N) is 1. The van der Waals surface area contributed by atoms with Crippen molar-refractivity contribution in [3.63, 3.8) is 0 Å². The van der Waals surface area contributed by atoms with Crippen molar-refractivity contribution < 1.29 is 4.74 Å². The first-order valence-electron chi connectivity index (χ1n) is 7.72. The lowest BCUT2D eigenvalue weighted by atomic mass is 9.94. The van der Waals surface area contributed by atoms with Crippen LogP contribution in [-0.4, -0.2) is 49.3 Å². The minimum Gasteiger partial charge on any atom is -0.380 e. The van der Waals surface area contributed by atoms with Gasteiger partial charge in [-0.25, -0.2) is 0 Å². The van der Waals surface area contributed by atoms with E-state index in [0.29, 0.717) is 6.04 Å². The Bertz CT molecular complexity index is 391. The van der Waals surface area contributed by atoms with E-state index in [9.17, 15) is 0 Å². The molecule has 0 amide bonds. The van der Waals surface area contributed by atoms with Gasteiger partial charge in [-0.3, -0.25) is 4.90 Å². The monoisotopic (exact) mass is 276 g/mol. The second-order valence-electron chi connectivity index (χ2n) is 6.22. The van der Waals surface area contributed by atoms with E-state index in [0.717, 1.165) is 39.3 Å². The van der Waals surface area contributed by atoms with Gasteiger partial charge in [-0.1, -0.05) is 30.3 Å². The van der Waals surface area contributed by atoms with Gasteiger partial charge in [0.15, 0.2) is 0 Å². The van der Waals surface area contributed by atoms with E-state index < -0.39 is 0 Å². The molecule has 1 saturated heterocycles. The highest BCUT2D eigenvalue weighted by Crippen LogP contribution is 2.19. The SMILES string of the molecule is CCOCCN1CC(Cc2ccccc2)NCC1(C)C. The summed E-state index contributed by atoms with van der Waals surface area (Å²) >= 11 is 0. The fourth-order valence-corrected chi connectivity index (χ4v) is 2.83. The Hall–Kier alpha value is -0.900. The van der Waals surface area contributed by atoms with Gasteiger partial charge in [0.2, 0.25) is 0 Å². The lowest BCUT2D eigenvalue weighted by Crippen LogP contribution is -2.62. The molecule has 20 heavy (non-hydrogen) atoms. The third-order valence-electron chi connectivity index (χ3n) is 4.15. The van der Waals surface area contributed by atoms with Crippen molar-refractivity contribution in [2.24, 2.45) is 0 Å². The van der Waals surface area contributed by atoms with Crippen LogP contribution in [0, 0.1) is 0 Å². The van der Waals surface area contributed by atoms with Gasteiger partial charge in [-0.2, -0.15) is 0 Å². The summed E-state index contributed by atoms with van der Waals surface area (Å²) in [5.41, 5.74) is 1.62. The third kappa shape index (κ3) is 4.30. The third-order valence-corrected chi connectivity index (χ3v) is 4.15. The van der Waals surface area contributed by atoms with Crippen LogP contribution in [0.25, 0.3) is 0 Å². The van der Waals surface area contributed by atoms with E-state index in [4.69, 9.17) is 4.74 Å². The van der Waals surface area contributed by atoms with Crippen molar-refractivity contribution in [2.75, 3.05) is 32.8 Å². The molecule has 0 spiro atoms. The van der Waals surface area contributed by atoms with Gasteiger partial charge in [-0.15, -0.1) is 0 Å². The van der Waals surface area contributed by atoms with E-state index >= 15 is 0 Å². The summed E-state index contributed by atoms with van der Waals surface area (Å²) in [5, 5.41) is 3.70. The molecule has 1 aromatic carbocycles. The van der Waals surface area contributed by atoms with E-state index in [2.05, 4.69) is 61.3 Å². The highest BCUT2D eigenvalue weighted by atomic mass is 16.5. The Morgan fingerprint density at radius 1 is 1.30 bits per heavy atom. The van der Waals surface area contributed by atoms with Crippen LogP contribution in [0.5, 0.6) is 0 Å². The zero-order chi connectivity index (χ0) is 14.4. The first-order chi connectivity index (χ1) is 9.62. The van der Waals surface area contributed by atoms with E-state index in [1.54, 1.807) is 0 Å².